The van der Waals surface area contributed by atoms with Crippen molar-refractivity contribution in [3.05, 3.63) is 71.7 Å². The number of sulfonamides is 2. The van der Waals surface area contributed by atoms with Gasteiger partial charge in [-0.1, -0.05) is 0 Å². The van der Waals surface area contributed by atoms with E-state index in [0.29, 0.717) is 10.3 Å². The summed E-state index contributed by atoms with van der Waals surface area (Å²) < 4.78 is 52.2. The molecule has 4 rings (SSSR count). The van der Waals surface area contributed by atoms with E-state index in [1.807, 2.05) is 0 Å². The van der Waals surface area contributed by atoms with E-state index in [1.54, 1.807) is 47.4 Å². The molecular formula is C18H20Cl4N6O4S4Zn. The molecule has 19 heteroatoms. The molecular weight excluding hydrogens is 700 g/mol. The third-order valence-electron chi connectivity index (χ3n) is 3.78. The van der Waals surface area contributed by atoms with Gasteiger partial charge in [0.25, 0.3) is 20.0 Å². The first-order chi connectivity index (χ1) is 17.2. The summed E-state index contributed by atoms with van der Waals surface area (Å²) in [5, 5.41) is 4.13. The van der Waals surface area contributed by atoms with Crippen molar-refractivity contribution in [2.24, 2.45) is 0 Å². The summed E-state index contributed by atoms with van der Waals surface area (Å²) in [6.45, 7) is 0. The van der Waals surface area contributed by atoms with E-state index >= 15 is 0 Å². The van der Waals surface area contributed by atoms with Crippen LogP contribution in [0.25, 0.3) is 0 Å². The van der Waals surface area contributed by atoms with Crippen LogP contribution < -0.4 is 20.9 Å². The van der Waals surface area contributed by atoms with E-state index < -0.39 is 30.9 Å². The van der Waals surface area contributed by atoms with Gasteiger partial charge in [0.05, 0.1) is 9.79 Å². The Morgan fingerprint density at radius 1 is 0.649 bits per heavy atom. The van der Waals surface area contributed by atoms with Crippen LogP contribution in [0.4, 0.5) is 21.6 Å². The molecule has 0 atom stereocenters. The molecule has 0 fully saturated rings. The average Bonchev–Trinajstić information content (AvgIpc) is 3.47. The number of halogens is 4. The number of anilines is 2. The minimum Gasteiger partial charge on any atom is -0.325 e. The van der Waals surface area contributed by atoms with Crippen molar-refractivity contribution < 1.29 is 39.1 Å². The quantitative estimate of drug-likeness (QED) is 0.215. The molecule has 0 amide bonds. The molecule has 0 aliphatic carbocycles. The SMILES string of the molecule is [Cl][Zn-2]([Cl])([Cl])[Cl].[NH3+]c1ccc(S(=O)(=O)Nc2nccs2)cc1.[NH3+]c1ccc(S(=O)(=O)Nc2nccs2)cc1. The summed E-state index contributed by atoms with van der Waals surface area (Å²) in [4.78, 5) is 8.13. The minimum atomic E-state index is -3.53. The van der Waals surface area contributed by atoms with Gasteiger partial charge < -0.3 is 11.5 Å². The van der Waals surface area contributed by atoms with Crippen LogP contribution in [0, 0.1) is 0 Å². The van der Waals surface area contributed by atoms with Gasteiger partial charge in [-0.25, -0.2) is 26.8 Å². The van der Waals surface area contributed by atoms with Crippen LogP contribution in [0.5, 0.6) is 0 Å². The van der Waals surface area contributed by atoms with Crippen LogP contribution in [-0.4, -0.2) is 26.8 Å². The van der Waals surface area contributed by atoms with Crippen molar-refractivity contribution in [2.75, 3.05) is 9.44 Å². The normalized spacial score (nSPS) is 11.4. The molecule has 10 nitrogen and oxygen atoms in total. The number of benzene rings is 2. The van der Waals surface area contributed by atoms with Crippen molar-refractivity contribution in [2.45, 2.75) is 9.79 Å². The van der Waals surface area contributed by atoms with Crippen molar-refractivity contribution in [3.63, 3.8) is 0 Å². The molecule has 2 heterocycles. The van der Waals surface area contributed by atoms with Gasteiger partial charge in [0.15, 0.2) is 10.3 Å². The fourth-order valence-electron chi connectivity index (χ4n) is 2.23. The van der Waals surface area contributed by atoms with Crippen LogP contribution in [-0.2, 0) is 30.9 Å². The van der Waals surface area contributed by atoms with Crippen LogP contribution in [0.1, 0.15) is 0 Å². The molecule has 0 bridgehead atoms. The largest absolute Gasteiger partial charge is 0.325 e. The van der Waals surface area contributed by atoms with Gasteiger partial charge in [0.1, 0.15) is 11.4 Å². The summed E-state index contributed by atoms with van der Waals surface area (Å²) in [5.41, 5.74) is 8.93. The molecule has 2 aromatic carbocycles. The van der Waals surface area contributed by atoms with E-state index in [-0.39, 0.29) is 9.79 Å². The van der Waals surface area contributed by atoms with Crippen molar-refractivity contribution in [1.82, 2.24) is 9.97 Å². The molecule has 0 aliphatic rings. The standard InChI is InChI=1S/2C9H9N3O2S2.4ClH.Zn/c2*10-7-1-3-8(4-2-7)16(13,14)12-9-11-5-6-15-9;;;;;/h2*1-6H,10H2,(H,11,12);4*1H;/q;;;;;;+2/p-2. The molecule has 0 saturated carbocycles. The number of nitrogens with zero attached hydrogens (tertiary/aromatic N) is 2. The summed E-state index contributed by atoms with van der Waals surface area (Å²) in [5.74, 6) is 0. The number of rotatable bonds is 6. The summed E-state index contributed by atoms with van der Waals surface area (Å²) in [6.07, 6.45) is 3.09. The van der Waals surface area contributed by atoms with Crippen molar-refractivity contribution in [1.29, 1.82) is 0 Å². The fourth-order valence-corrected chi connectivity index (χ4v) is 5.81. The molecule has 37 heavy (non-hydrogen) atoms. The summed E-state index contributed by atoms with van der Waals surface area (Å²) in [6, 6.07) is 12.6. The van der Waals surface area contributed by atoms with Crippen LogP contribution in [0.3, 0.4) is 0 Å². The third-order valence-corrected chi connectivity index (χ3v) is 8.12. The van der Waals surface area contributed by atoms with Crippen molar-refractivity contribution in [3.8, 4) is 0 Å². The van der Waals surface area contributed by atoms with Gasteiger partial charge in [-0.2, -0.15) is 0 Å². The maximum atomic E-state index is 11.8. The van der Waals surface area contributed by atoms with E-state index in [4.69, 9.17) is 38.8 Å². The Hall–Kier alpha value is -1.10. The first kappa shape index (κ1) is 32.1. The molecule has 0 unspecified atom stereocenters. The average molecular weight is 720 g/mol. The smallest absolute Gasteiger partial charge is 0.263 e. The number of hydrogen-bond donors (Lipinski definition) is 4. The van der Waals surface area contributed by atoms with Crippen LogP contribution >= 0.6 is 61.4 Å². The summed E-state index contributed by atoms with van der Waals surface area (Å²) in [7, 11) is 9.76. The Bertz CT molecular complexity index is 1340. The molecule has 0 radical (unpaired) electrons. The van der Waals surface area contributed by atoms with Gasteiger partial charge in [-0.15, -0.1) is 22.7 Å². The zero-order valence-corrected chi connectivity index (χ0v) is 28.0. The predicted molar refractivity (Wildman–Crippen MR) is 147 cm³/mol. The second kappa shape index (κ2) is 14.3. The molecule has 0 aliphatic heterocycles. The zero-order valence-electron chi connectivity index (χ0n) is 18.7. The Balaban J connectivity index is 0.000000221. The predicted octanol–water partition coefficient (Wildman–Crippen LogP) is 4.39. The summed E-state index contributed by atoms with van der Waals surface area (Å²) >= 11 is 2.47. The number of hydrogen-bond acceptors (Lipinski definition) is 8. The Kier molecular flexibility index (Phi) is 12.4. The number of aromatic nitrogens is 2. The Morgan fingerprint density at radius 2 is 0.946 bits per heavy atom. The fraction of sp³-hybridized carbons (Fsp3) is 0. The maximum absolute atomic E-state index is 11.8. The minimum absolute atomic E-state index is 0.204. The Morgan fingerprint density at radius 3 is 1.19 bits per heavy atom. The van der Waals surface area contributed by atoms with Gasteiger partial charge >= 0.3 is 49.6 Å². The third kappa shape index (κ3) is 12.5. The molecule has 2 aromatic heterocycles. The van der Waals surface area contributed by atoms with Gasteiger partial charge in [0, 0.05) is 47.4 Å². The number of quaternary nitrogens is 2. The number of thiazole rings is 2. The molecule has 8 N–H and O–H groups in total. The molecule has 0 saturated heterocycles. The second-order valence-electron chi connectivity index (χ2n) is 6.78. The topological polar surface area (TPSA) is 173 Å². The second-order valence-corrected chi connectivity index (χ2v) is 39.7. The van der Waals surface area contributed by atoms with E-state index in [0.717, 1.165) is 11.4 Å². The first-order valence-electron chi connectivity index (χ1n) is 9.91. The first-order valence-corrected chi connectivity index (χ1v) is 30.2. The monoisotopic (exact) mass is 716 g/mol. The van der Waals surface area contributed by atoms with E-state index in [2.05, 4.69) is 30.9 Å². The van der Waals surface area contributed by atoms with Crippen LogP contribution in [0.2, 0.25) is 0 Å². The van der Waals surface area contributed by atoms with E-state index in [9.17, 15) is 16.8 Å². The molecule has 200 valence electrons. The number of nitrogens with one attached hydrogen (secondary N) is 2. The molecule has 4 aromatic rings. The van der Waals surface area contributed by atoms with Gasteiger partial charge in [0.2, 0.25) is 0 Å². The van der Waals surface area contributed by atoms with Gasteiger partial charge in [-0.05, 0) is 24.3 Å². The zero-order chi connectivity index (χ0) is 27.7. The molecule has 0 spiro atoms. The van der Waals surface area contributed by atoms with E-state index in [1.165, 1.54) is 46.9 Å². The van der Waals surface area contributed by atoms with Crippen LogP contribution in [0.15, 0.2) is 81.5 Å². The van der Waals surface area contributed by atoms with Crippen molar-refractivity contribution >= 4 is 103 Å². The van der Waals surface area contributed by atoms with Gasteiger partial charge in [-0.3, -0.25) is 9.44 Å². The maximum Gasteiger partial charge on any atom is 0.263 e. The Labute approximate surface area is 241 Å².